The van der Waals surface area contributed by atoms with Crippen molar-refractivity contribution in [3.8, 4) is 103 Å². The monoisotopic (exact) mass is 1260 g/mol. The van der Waals surface area contributed by atoms with Crippen molar-refractivity contribution in [2.45, 2.75) is 0 Å². The second-order valence-electron chi connectivity index (χ2n) is 26.6. The topological polar surface area (TPSA) is 115 Å². The van der Waals surface area contributed by atoms with Crippen molar-refractivity contribution >= 4 is 130 Å². The molecule has 0 atom stereocenters. The highest BCUT2D eigenvalue weighted by atomic mass is 15.0. The van der Waals surface area contributed by atoms with Gasteiger partial charge in [0.05, 0.1) is 89.1 Å². The molecule has 20 aromatic rings. The van der Waals surface area contributed by atoms with Crippen LogP contribution in [-0.2, 0) is 0 Å². The van der Waals surface area contributed by atoms with Gasteiger partial charge < -0.3 is 18.3 Å². The van der Waals surface area contributed by atoms with Gasteiger partial charge in [-0.15, -0.1) is 0 Å². The average Bonchev–Trinajstić information content (AvgIpc) is 1.54. The maximum absolute atomic E-state index is 11.6. The number of fused-ring (bicyclic) bond motifs is 22. The summed E-state index contributed by atoms with van der Waals surface area (Å²) in [6.45, 7) is 0. The molecule has 22 rings (SSSR count). The molecular weight excluding hydrogens is 1220 g/mol. The highest BCUT2D eigenvalue weighted by Crippen LogP contribution is 2.55. The lowest BCUT2D eigenvalue weighted by Crippen LogP contribution is -2.05. The van der Waals surface area contributed by atoms with E-state index < -0.39 is 0 Å². The fraction of sp³-hybridized carbons (Fsp3) is 0. The number of hydrogen-bond acceptors (Lipinski definition) is 4. The lowest BCUT2D eigenvalue weighted by atomic mass is 9.95. The van der Waals surface area contributed by atoms with Crippen LogP contribution in [0.3, 0.4) is 0 Å². The van der Waals surface area contributed by atoms with Crippen LogP contribution < -0.4 is 0 Å². The molecule has 8 nitrogen and oxygen atoms in total. The van der Waals surface area contributed by atoms with Crippen LogP contribution in [0.1, 0.15) is 22.3 Å². The minimum absolute atomic E-state index is 0.304. The van der Waals surface area contributed by atoms with Gasteiger partial charge >= 0.3 is 0 Å². The third-order valence-corrected chi connectivity index (χ3v) is 21.9. The molecule has 0 aliphatic heterocycles. The molecule has 2 aliphatic rings. The van der Waals surface area contributed by atoms with E-state index in [4.69, 9.17) is 0 Å². The van der Waals surface area contributed by atoms with Crippen molar-refractivity contribution in [1.82, 2.24) is 18.3 Å². The van der Waals surface area contributed by atoms with E-state index in [0.717, 1.165) is 158 Å². The fourth-order valence-electron chi connectivity index (χ4n) is 17.8. The Kier molecular flexibility index (Phi) is 10.6. The second kappa shape index (κ2) is 19.7. The molecular formula is C92H46N8. The van der Waals surface area contributed by atoms with Crippen molar-refractivity contribution in [1.29, 1.82) is 21.0 Å². The predicted octanol–water partition coefficient (Wildman–Crippen LogP) is 23.1. The molecule has 4 heterocycles. The number of benzene rings is 16. The molecule has 0 amide bonds. The first-order valence-corrected chi connectivity index (χ1v) is 33.5. The van der Waals surface area contributed by atoms with Gasteiger partial charge in [0.1, 0.15) is 24.3 Å². The summed E-state index contributed by atoms with van der Waals surface area (Å²) in [5.74, 6) is 0. The summed E-state index contributed by atoms with van der Waals surface area (Å²) in [6.07, 6.45) is 0. The van der Waals surface area contributed by atoms with Crippen molar-refractivity contribution in [2.24, 2.45) is 0 Å². The van der Waals surface area contributed by atoms with E-state index in [2.05, 4.69) is 279 Å². The maximum atomic E-state index is 11.6. The van der Waals surface area contributed by atoms with Crippen molar-refractivity contribution in [2.75, 3.05) is 0 Å². The summed E-state index contributed by atoms with van der Waals surface area (Å²) in [6, 6.07) is 109. The van der Waals surface area contributed by atoms with Crippen LogP contribution in [-0.4, -0.2) is 18.3 Å². The number of hydrogen-bond donors (Lipinski definition) is 0. The molecule has 100 heavy (non-hydrogen) atoms. The summed E-state index contributed by atoms with van der Waals surface area (Å²) >= 11 is 0. The van der Waals surface area contributed by atoms with Crippen LogP contribution in [0, 0.1) is 45.3 Å². The van der Waals surface area contributed by atoms with E-state index in [1.165, 1.54) is 27.6 Å². The molecule has 0 fully saturated rings. The van der Waals surface area contributed by atoms with Gasteiger partial charge in [0, 0.05) is 53.9 Å². The van der Waals surface area contributed by atoms with Gasteiger partial charge in [-0.2, -0.15) is 21.0 Å². The molecule has 454 valence electrons. The molecule has 0 N–H and O–H groups in total. The number of rotatable bonds is 5. The van der Waals surface area contributed by atoms with Gasteiger partial charge in [-0.1, -0.05) is 182 Å². The van der Waals surface area contributed by atoms with Gasteiger partial charge in [0.2, 0.25) is 0 Å². The maximum Gasteiger partial charge on any atom is 0.103 e. The zero-order chi connectivity index (χ0) is 65.9. The molecule has 2 aliphatic carbocycles. The number of aromatic nitrogens is 4. The Morgan fingerprint density at radius 1 is 0.200 bits per heavy atom. The third-order valence-electron chi connectivity index (χ3n) is 21.9. The Hall–Kier alpha value is -14.3. The number of para-hydroxylation sites is 4. The SMILES string of the molecule is N#Cc1c(-n2c3ccccc3c3cc4ccccc4cc32)ccc(-n2c3ccccc3c3cc4ccc(-c5ccc6c(c5)-c5cccc7c5c-6cc5c6ccccc6n(-c6ccc(-n8c9ccccc9c9cc%10c%11c(cccc%11c98)-c8ccccc8-%10)c(C#N)c6C#N)c75)cc4cc32)c1C#N. The summed E-state index contributed by atoms with van der Waals surface area (Å²) < 4.78 is 8.76. The van der Waals surface area contributed by atoms with Crippen LogP contribution in [0.4, 0.5) is 0 Å². The van der Waals surface area contributed by atoms with Crippen LogP contribution in [0.15, 0.2) is 279 Å². The van der Waals surface area contributed by atoms with Crippen molar-refractivity contribution < 1.29 is 0 Å². The van der Waals surface area contributed by atoms with Gasteiger partial charge in [-0.05, 0) is 185 Å². The number of nitriles is 4. The Labute approximate surface area is 570 Å². The first-order chi connectivity index (χ1) is 49.5. The largest absolute Gasteiger partial charge is 0.308 e. The highest BCUT2D eigenvalue weighted by molar-refractivity contribution is 6.30. The van der Waals surface area contributed by atoms with Gasteiger partial charge in [-0.25, -0.2) is 0 Å². The third kappa shape index (κ3) is 6.92. The molecule has 16 aromatic carbocycles. The van der Waals surface area contributed by atoms with Crippen LogP contribution in [0.5, 0.6) is 0 Å². The lowest BCUT2D eigenvalue weighted by molar-refractivity contribution is 1.12. The molecule has 4 aromatic heterocycles. The first-order valence-electron chi connectivity index (χ1n) is 33.5. The van der Waals surface area contributed by atoms with Crippen molar-refractivity contribution in [3.05, 3.63) is 301 Å². The summed E-state index contributed by atoms with van der Waals surface area (Å²) in [5, 5.41) is 63.2. The zero-order valence-corrected chi connectivity index (χ0v) is 53.1. The van der Waals surface area contributed by atoms with Gasteiger partial charge in [0.25, 0.3) is 0 Å². The first kappa shape index (κ1) is 54.0. The summed E-state index contributed by atoms with van der Waals surface area (Å²) in [5.41, 5.74) is 23.0. The standard InChI is InChI=1S/C92H46N8/c93-47-75-76(48-94)84(36-35-83(75)97-79-27-9-5-19-60(79)69-41-51-15-1-2-16-52(51)43-87(69)97)98-80-28-10-6-20-61(80)70-42-55-32-31-53(39-56(55)44-88(70)98)54-33-34-59-68(40-54)65-24-14-26-67-90(65)72(59)46-74-63-22-8-12-30-82(63)100(92(67)74)86-38-37-85(77(49-95)78(86)50-96)99-81-29-11-7-21-62(81)73-45-71-58-18-4-3-17-57(58)64-23-13-25-66(89(64)71)91(73)99/h1-46H. The molecule has 8 heteroatoms. The molecule has 0 unspecified atom stereocenters. The molecule has 0 radical (unpaired) electrons. The van der Waals surface area contributed by atoms with Crippen molar-refractivity contribution in [3.63, 3.8) is 0 Å². The van der Waals surface area contributed by atoms with E-state index >= 15 is 0 Å². The summed E-state index contributed by atoms with van der Waals surface area (Å²) in [7, 11) is 0. The minimum atomic E-state index is 0.304. The zero-order valence-electron chi connectivity index (χ0n) is 53.1. The second-order valence-corrected chi connectivity index (χ2v) is 26.6. The van der Waals surface area contributed by atoms with E-state index in [1.807, 2.05) is 42.5 Å². The van der Waals surface area contributed by atoms with E-state index in [1.54, 1.807) is 0 Å². The van der Waals surface area contributed by atoms with Gasteiger partial charge in [0.15, 0.2) is 0 Å². The fourth-order valence-corrected chi connectivity index (χ4v) is 17.8. The van der Waals surface area contributed by atoms with Crippen LogP contribution >= 0.6 is 0 Å². The minimum Gasteiger partial charge on any atom is -0.308 e. The molecule has 0 bridgehead atoms. The Balaban J connectivity index is 0.683. The smallest absolute Gasteiger partial charge is 0.103 e. The van der Waals surface area contributed by atoms with E-state index in [9.17, 15) is 21.0 Å². The van der Waals surface area contributed by atoms with Crippen LogP contribution in [0.25, 0.3) is 209 Å². The van der Waals surface area contributed by atoms with E-state index in [0.29, 0.717) is 45.0 Å². The molecule has 0 saturated heterocycles. The summed E-state index contributed by atoms with van der Waals surface area (Å²) in [4.78, 5) is 0. The Morgan fingerprint density at radius 2 is 0.550 bits per heavy atom. The van der Waals surface area contributed by atoms with Gasteiger partial charge in [-0.3, -0.25) is 0 Å². The lowest BCUT2D eigenvalue weighted by Gasteiger charge is -2.17. The molecule has 0 spiro atoms. The average molecular weight is 1260 g/mol. The highest BCUT2D eigenvalue weighted by Gasteiger charge is 2.31. The predicted molar refractivity (Wildman–Crippen MR) is 407 cm³/mol. The van der Waals surface area contributed by atoms with E-state index in [-0.39, 0.29) is 0 Å². The Bertz CT molecular complexity index is 7460. The Morgan fingerprint density at radius 3 is 1.05 bits per heavy atom. The number of nitrogens with zero attached hydrogens (tertiary/aromatic N) is 8. The molecule has 0 saturated carbocycles. The normalized spacial score (nSPS) is 12.2. The van der Waals surface area contributed by atoms with Crippen LogP contribution in [0.2, 0.25) is 0 Å². The quantitative estimate of drug-likeness (QED) is 0.171.